The van der Waals surface area contributed by atoms with E-state index >= 15 is 0 Å². The number of benzene rings is 1. The summed E-state index contributed by atoms with van der Waals surface area (Å²) in [6.07, 6.45) is 1.43. The molecule has 0 saturated carbocycles. The number of rotatable bonds is 2. The van der Waals surface area contributed by atoms with E-state index in [0.717, 1.165) is 18.4 Å². The summed E-state index contributed by atoms with van der Waals surface area (Å²) in [7, 11) is 0. The lowest BCUT2D eigenvalue weighted by molar-refractivity contribution is 0.0721. The van der Waals surface area contributed by atoms with E-state index in [1.807, 2.05) is 30.3 Å². The Bertz CT molecular complexity index is 534. The Labute approximate surface area is 123 Å². The van der Waals surface area contributed by atoms with Gasteiger partial charge in [0.1, 0.15) is 6.61 Å². The van der Waals surface area contributed by atoms with Crippen molar-refractivity contribution in [2.24, 2.45) is 0 Å². The van der Waals surface area contributed by atoms with Gasteiger partial charge in [-0.2, -0.15) is 0 Å². The molecule has 2 fully saturated rings. The second kappa shape index (κ2) is 5.63. The fourth-order valence-electron chi connectivity index (χ4n) is 2.92. The molecule has 112 valence electrons. The number of hydrogen-bond acceptors (Lipinski definition) is 3. The minimum absolute atomic E-state index is 0.158. The Kier molecular flexibility index (Phi) is 3.68. The standard InChI is InChI=1S/C15H19N3O3/c19-13-16-10-15(17-13)7-4-8-18(11-15)14(20)21-9-12-5-2-1-3-6-12/h1-3,5-6H,4,7-11H2,(H2,16,17,19)/t15-/m1/s1. The quantitative estimate of drug-likeness (QED) is 0.866. The number of carbonyl (C=O) groups is 2. The van der Waals surface area contributed by atoms with Crippen LogP contribution in [0.3, 0.4) is 0 Å². The molecule has 0 bridgehead atoms. The molecule has 1 atom stereocenters. The summed E-state index contributed by atoms with van der Waals surface area (Å²) in [5.74, 6) is 0. The number of piperidine rings is 1. The molecule has 21 heavy (non-hydrogen) atoms. The molecule has 1 aromatic carbocycles. The van der Waals surface area contributed by atoms with Crippen LogP contribution < -0.4 is 10.6 Å². The maximum atomic E-state index is 12.2. The van der Waals surface area contributed by atoms with Crippen molar-refractivity contribution in [1.29, 1.82) is 0 Å². The molecule has 6 heteroatoms. The molecular formula is C15H19N3O3. The van der Waals surface area contributed by atoms with E-state index in [1.54, 1.807) is 4.90 Å². The van der Waals surface area contributed by atoms with Crippen molar-refractivity contribution in [1.82, 2.24) is 15.5 Å². The van der Waals surface area contributed by atoms with Crippen molar-refractivity contribution < 1.29 is 14.3 Å². The van der Waals surface area contributed by atoms with Gasteiger partial charge in [-0.15, -0.1) is 0 Å². The third-order valence-electron chi connectivity index (χ3n) is 4.01. The van der Waals surface area contributed by atoms with Gasteiger partial charge in [0.25, 0.3) is 0 Å². The van der Waals surface area contributed by atoms with Crippen LogP contribution in [0, 0.1) is 0 Å². The maximum absolute atomic E-state index is 12.2. The number of nitrogens with zero attached hydrogens (tertiary/aromatic N) is 1. The van der Waals surface area contributed by atoms with Gasteiger partial charge in [0, 0.05) is 19.6 Å². The van der Waals surface area contributed by atoms with Crippen LogP contribution in [-0.4, -0.2) is 42.2 Å². The smallest absolute Gasteiger partial charge is 0.410 e. The lowest BCUT2D eigenvalue weighted by Gasteiger charge is -2.38. The predicted molar refractivity (Wildman–Crippen MR) is 76.7 cm³/mol. The van der Waals surface area contributed by atoms with Crippen molar-refractivity contribution in [2.75, 3.05) is 19.6 Å². The number of amides is 3. The zero-order valence-corrected chi connectivity index (χ0v) is 11.8. The number of carbonyl (C=O) groups excluding carboxylic acids is 2. The summed E-state index contributed by atoms with van der Waals surface area (Å²) in [5, 5.41) is 5.70. The number of hydrogen-bond donors (Lipinski definition) is 2. The first-order valence-electron chi connectivity index (χ1n) is 7.19. The molecule has 0 radical (unpaired) electrons. The monoisotopic (exact) mass is 289 g/mol. The van der Waals surface area contributed by atoms with Crippen molar-refractivity contribution in [3.8, 4) is 0 Å². The Morgan fingerprint density at radius 3 is 2.86 bits per heavy atom. The Morgan fingerprint density at radius 1 is 1.33 bits per heavy atom. The van der Waals surface area contributed by atoms with E-state index in [4.69, 9.17) is 4.74 Å². The SMILES string of the molecule is O=C1NC[C@@]2(CCCN(C(=O)OCc3ccccc3)C2)N1. The fourth-order valence-corrected chi connectivity index (χ4v) is 2.92. The average Bonchev–Trinajstić information content (AvgIpc) is 2.86. The Morgan fingerprint density at radius 2 is 2.14 bits per heavy atom. The van der Waals surface area contributed by atoms with E-state index in [0.29, 0.717) is 19.6 Å². The van der Waals surface area contributed by atoms with Crippen molar-refractivity contribution in [2.45, 2.75) is 25.0 Å². The van der Waals surface area contributed by atoms with Crippen LogP contribution in [0.4, 0.5) is 9.59 Å². The van der Waals surface area contributed by atoms with Crippen LogP contribution in [0.1, 0.15) is 18.4 Å². The molecule has 2 aliphatic heterocycles. The highest BCUT2D eigenvalue weighted by atomic mass is 16.6. The number of ether oxygens (including phenoxy) is 1. The highest BCUT2D eigenvalue weighted by molar-refractivity contribution is 5.78. The third-order valence-corrected chi connectivity index (χ3v) is 4.01. The van der Waals surface area contributed by atoms with Crippen molar-refractivity contribution >= 4 is 12.1 Å². The summed E-state index contributed by atoms with van der Waals surface area (Å²) in [6, 6.07) is 9.44. The zero-order valence-electron chi connectivity index (χ0n) is 11.8. The Hall–Kier alpha value is -2.24. The molecule has 3 amide bonds. The van der Waals surface area contributed by atoms with Gasteiger partial charge in [-0.3, -0.25) is 0 Å². The van der Waals surface area contributed by atoms with E-state index in [9.17, 15) is 9.59 Å². The van der Waals surface area contributed by atoms with Crippen LogP contribution in [0.5, 0.6) is 0 Å². The molecule has 0 aromatic heterocycles. The van der Waals surface area contributed by atoms with Crippen molar-refractivity contribution in [3.63, 3.8) is 0 Å². The summed E-state index contributed by atoms with van der Waals surface area (Å²) >= 11 is 0. The van der Waals surface area contributed by atoms with Gasteiger partial charge >= 0.3 is 12.1 Å². The molecule has 2 heterocycles. The number of nitrogens with one attached hydrogen (secondary N) is 2. The van der Waals surface area contributed by atoms with Crippen molar-refractivity contribution in [3.05, 3.63) is 35.9 Å². The Balaban J connectivity index is 1.56. The highest BCUT2D eigenvalue weighted by Crippen LogP contribution is 2.23. The lowest BCUT2D eigenvalue weighted by atomic mass is 9.90. The van der Waals surface area contributed by atoms with Crippen LogP contribution in [0.2, 0.25) is 0 Å². The molecule has 0 aliphatic carbocycles. The van der Waals surface area contributed by atoms with Crippen LogP contribution in [0.15, 0.2) is 30.3 Å². The maximum Gasteiger partial charge on any atom is 0.410 e. The second-order valence-electron chi connectivity index (χ2n) is 5.65. The zero-order chi connectivity index (χ0) is 14.7. The molecule has 6 nitrogen and oxygen atoms in total. The molecule has 2 N–H and O–H groups in total. The summed E-state index contributed by atoms with van der Waals surface area (Å²) in [5.41, 5.74) is 0.634. The normalized spacial score (nSPS) is 24.6. The van der Waals surface area contributed by atoms with Gasteiger partial charge < -0.3 is 20.3 Å². The van der Waals surface area contributed by atoms with Gasteiger partial charge in [-0.1, -0.05) is 30.3 Å². The summed E-state index contributed by atoms with van der Waals surface area (Å²) in [4.78, 5) is 25.2. The molecule has 0 unspecified atom stereocenters. The van der Waals surface area contributed by atoms with Crippen LogP contribution in [0.25, 0.3) is 0 Å². The first-order chi connectivity index (χ1) is 10.2. The lowest BCUT2D eigenvalue weighted by Crippen LogP contribution is -2.57. The predicted octanol–water partition coefficient (Wildman–Crippen LogP) is 1.47. The van der Waals surface area contributed by atoms with Gasteiger partial charge in [0.05, 0.1) is 5.54 Å². The summed E-state index contributed by atoms with van der Waals surface area (Å²) < 4.78 is 5.35. The fraction of sp³-hybridized carbons (Fsp3) is 0.467. The molecule has 1 spiro atoms. The number of likely N-dealkylation sites (tertiary alicyclic amines) is 1. The number of urea groups is 1. The topological polar surface area (TPSA) is 70.7 Å². The van der Waals surface area contributed by atoms with Crippen LogP contribution >= 0.6 is 0 Å². The van der Waals surface area contributed by atoms with E-state index in [2.05, 4.69) is 10.6 Å². The van der Waals surface area contributed by atoms with Gasteiger partial charge in [0.15, 0.2) is 0 Å². The molecule has 3 rings (SSSR count). The van der Waals surface area contributed by atoms with Gasteiger partial charge in [-0.25, -0.2) is 9.59 Å². The average molecular weight is 289 g/mol. The second-order valence-corrected chi connectivity index (χ2v) is 5.65. The van der Waals surface area contributed by atoms with Crippen LogP contribution in [-0.2, 0) is 11.3 Å². The minimum Gasteiger partial charge on any atom is -0.445 e. The largest absolute Gasteiger partial charge is 0.445 e. The molecule has 1 aromatic rings. The summed E-state index contributed by atoms with van der Waals surface area (Å²) in [6.45, 7) is 2.01. The molecule has 2 saturated heterocycles. The third kappa shape index (κ3) is 3.09. The first-order valence-corrected chi connectivity index (χ1v) is 7.19. The van der Waals surface area contributed by atoms with Gasteiger partial charge in [0.2, 0.25) is 0 Å². The van der Waals surface area contributed by atoms with E-state index in [1.165, 1.54) is 0 Å². The highest BCUT2D eigenvalue weighted by Gasteiger charge is 2.42. The van der Waals surface area contributed by atoms with E-state index < -0.39 is 0 Å². The molecular weight excluding hydrogens is 270 g/mol. The minimum atomic E-state index is -0.332. The first kappa shape index (κ1) is 13.7. The van der Waals surface area contributed by atoms with Gasteiger partial charge in [-0.05, 0) is 18.4 Å². The van der Waals surface area contributed by atoms with E-state index in [-0.39, 0.29) is 24.3 Å². The molecule has 2 aliphatic rings.